The van der Waals surface area contributed by atoms with Crippen molar-refractivity contribution < 1.29 is 4.74 Å². The van der Waals surface area contributed by atoms with Crippen molar-refractivity contribution in [3.05, 3.63) is 62.9 Å². The monoisotopic (exact) mass is 350 g/mol. The lowest BCUT2D eigenvalue weighted by Crippen LogP contribution is -2.36. The van der Waals surface area contributed by atoms with Gasteiger partial charge in [0.1, 0.15) is 5.75 Å². The molecule has 0 N–H and O–H groups in total. The van der Waals surface area contributed by atoms with Gasteiger partial charge >= 0.3 is 5.69 Å². The number of fused-ring (bicyclic) bond motifs is 3. The quantitative estimate of drug-likeness (QED) is 0.553. The first-order valence-electron chi connectivity index (χ1n) is 8.16. The molecule has 7 heteroatoms. The van der Waals surface area contributed by atoms with Gasteiger partial charge in [-0.25, -0.2) is 9.31 Å². The Labute approximate surface area is 148 Å². The summed E-state index contributed by atoms with van der Waals surface area (Å²) in [7, 11) is 4.77. The standard InChI is InChI=1S/C19H18N4O3/c1-11-9-10-20-23-15(11)17-14(18(24)22(3)19(25)21(17)2)16(23)12-5-7-13(26-4)8-6-12/h5-10H,1-4H3. The van der Waals surface area contributed by atoms with Gasteiger partial charge in [-0.2, -0.15) is 5.10 Å². The molecular weight excluding hydrogens is 332 g/mol. The van der Waals surface area contributed by atoms with Gasteiger partial charge in [-0.1, -0.05) is 0 Å². The van der Waals surface area contributed by atoms with Gasteiger partial charge in [0.2, 0.25) is 0 Å². The molecule has 1 aromatic carbocycles. The van der Waals surface area contributed by atoms with E-state index in [0.717, 1.165) is 27.0 Å². The zero-order valence-corrected chi connectivity index (χ0v) is 15.0. The summed E-state index contributed by atoms with van der Waals surface area (Å²) in [6.07, 6.45) is 1.69. The molecule has 0 aliphatic heterocycles. The minimum Gasteiger partial charge on any atom is -0.497 e. The van der Waals surface area contributed by atoms with Gasteiger partial charge in [0.05, 0.1) is 29.2 Å². The molecule has 0 spiro atoms. The van der Waals surface area contributed by atoms with Gasteiger partial charge in [0, 0.05) is 25.9 Å². The highest BCUT2D eigenvalue weighted by Gasteiger charge is 2.22. The largest absolute Gasteiger partial charge is 0.497 e. The number of aryl methyl sites for hydroxylation is 2. The average molecular weight is 350 g/mol. The van der Waals surface area contributed by atoms with E-state index in [1.807, 2.05) is 37.3 Å². The second-order valence-electron chi connectivity index (χ2n) is 6.28. The molecular formula is C19H18N4O3. The molecule has 7 nitrogen and oxygen atoms in total. The summed E-state index contributed by atoms with van der Waals surface area (Å²) in [5.74, 6) is 0.725. The summed E-state index contributed by atoms with van der Waals surface area (Å²) >= 11 is 0. The van der Waals surface area contributed by atoms with E-state index in [1.54, 1.807) is 24.9 Å². The third-order valence-electron chi connectivity index (χ3n) is 4.79. The Kier molecular flexibility index (Phi) is 3.47. The van der Waals surface area contributed by atoms with E-state index in [-0.39, 0.29) is 11.2 Å². The van der Waals surface area contributed by atoms with Crippen molar-refractivity contribution in [3.8, 4) is 17.0 Å². The van der Waals surface area contributed by atoms with Gasteiger partial charge in [-0.15, -0.1) is 0 Å². The van der Waals surface area contributed by atoms with Crippen LogP contribution >= 0.6 is 0 Å². The Morgan fingerprint density at radius 3 is 2.31 bits per heavy atom. The van der Waals surface area contributed by atoms with Crippen LogP contribution in [0.15, 0.2) is 46.1 Å². The molecule has 0 aliphatic rings. The normalized spacial score (nSPS) is 11.4. The summed E-state index contributed by atoms with van der Waals surface area (Å²) in [5.41, 5.74) is 3.08. The number of nitrogens with zero attached hydrogens (tertiary/aromatic N) is 4. The van der Waals surface area contributed by atoms with Crippen molar-refractivity contribution >= 4 is 16.4 Å². The van der Waals surface area contributed by atoms with Crippen molar-refractivity contribution in [3.63, 3.8) is 0 Å². The molecule has 0 bridgehead atoms. The van der Waals surface area contributed by atoms with E-state index in [9.17, 15) is 9.59 Å². The van der Waals surface area contributed by atoms with E-state index < -0.39 is 0 Å². The minimum atomic E-state index is -0.362. The number of ether oxygens (including phenoxy) is 1. The first-order valence-corrected chi connectivity index (χ1v) is 8.16. The highest BCUT2D eigenvalue weighted by Crippen LogP contribution is 2.32. The molecule has 0 radical (unpaired) electrons. The summed E-state index contributed by atoms with van der Waals surface area (Å²) in [6.45, 7) is 1.94. The number of hydrogen-bond acceptors (Lipinski definition) is 4. The second-order valence-corrected chi connectivity index (χ2v) is 6.28. The summed E-state index contributed by atoms with van der Waals surface area (Å²) in [6, 6.07) is 9.31. The summed E-state index contributed by atoms with van der Waals surface area (Å²) < 4.78 is 9.60. The van der Waals surface area contributed by atoms with Gasteiger partial charge in [0.15, 0.2) is 0 Å². The first kappa shape index (κ1) is 16.1. The van der Waals surface area contributed by atoms with Crippen molar-refractivity contribution in [2.75, 3.05) is 7.11 Å². The Morgan fingerprint density at radius 1 is 0.962 bits per heavy atom. The Balaban J connectivity index is 2.30. The molecule has 4 rings (SSSR count). The molecule has 0 fully saturated rings. The van der Waals surface area contributed by atoms with Crippen LogP contribution in [0.5, 0.6) is 5.75 Å². The highest BCUT2D eigenvalue weighted by atomic mass is 16.5. The Morgan fingerprint density at radius 2 is 1.65 bits per heavy atom. The van der Waals surface area contributed by atoms with E-state index >= 15 is 0 Å². The maximum Gasteiger partial charge on any atom is 0.331 e. The van der Waals surface area contributed by atoms with E-state index in [2.05, 4.69) is 5.10 Å². The molecule has 3 aromatic heterocycles. The zero-order valence-electron chi connectivity index (χ0n) is 15.0. The molecule has 0 atom stereocenters. The number of hydrogen-bond donors (Lipinski definition) is 0. The van der Waals surface area contributed by atoms with Crippen LogP contribution in [0.4, 0.5) is 0 Å². The fourth-order valence-corrected chi connectivity index (χ4v) is 3.43. The van der Waals surface area contributed by atoms with Crippen molar-refractivity contribution in [2.45, 2.75) is 6.92 Å². The Bertz CT molecular complexity index is 1280. The molecule has 0 saturated heterocycles. The van der Waals surface area contributed by atoms with Crippen LogP contribution in [0.2, 0.25) is 0 Å². The maximum atomic E-state index is 13.0. The molecule has 0 saturated carbocycles. The number of rotatable bonds is 2. The van der Waals surface area contributed by atoms with E-state index in [4.69, 9.17) is 4.74 Å². The van der Waals surface area contributed by atoms with Gasteiger partial charge in [-0.05, 0) is 42.8 Å². The number of aromatic nitrogens is 4. The van der Waals surface area contributed by atoms with Crippen LogP contribution < -0.4 is 16.0 Å². The van der Waals surface area contributed by atoms with Crippen LogP contribution in [0.3, 0.4) is 0 Å². The minimum absolute atomic E-state index is 0.334. The van der Waals surface area contributed by atoms with Crippen molar-refractivity contribution in [1.82, 2.24) is 18.7 Å². The zero-order chi connectivity index (χ0) is 18.6. The maximum absolute atomic E-state index is 13.0. The molecule has 4 aromatic rings. The lowest BCUT2D eigenvalue weighted by atomic mass is 10.1. The molecule has 0 unspecified atom stereocenters. The lowest BCUT2D eigenvalue weighted by molar-refractivity contribution is 0.415. The van der Waals surface area contributed by atoms with Crippen LogP contribution in [-0.2, 0) is 14.1 Å². The average Bonchev–Trinajstić information content (AvgIpc) is 3.01. The molecule has 3 heterocycles. The molecule has 132 valence electrons. The first-order chi connectivity index (χ1) is 12.5. The van der Waals surface area contributed by atoms with Crippen LogP contribution in [-0.4, -0.2) is 25.9 Å². The molecule has 0 amide bonds. The SMILES string of the molecule is COc1ccc(-c2c3c(=O)n(C)c(=O)n(C)c3c3c(C)ccnn23)cc1. The second kappa shape index (κ2) is 5.59. The van der Waals surface area contributed by atoms with Gasteiger partial charge in [-0.3, -0.25) is 13.9 Å². The molecule has 26 heavy (non-hydrogen) atoms. The number of benzene rings is 1. The smallest absolute Gasteiger partial charge is 0.331 e. The fourth-order valence-electron chi connectivity index (χ4n) is 3.43. The van der Waals surface area contributed by atoms with Gasteiger partial charge in [0.25, 0.3) is 5.56 Å². The third kappa shape index (κ3) is 2.03. The summed E-state index contributed by atoms with van der Waals surface area (Å²) in [5, 5.41) is 4.94. The number of methoxy groups -OCH3 is 1. The van der Waals surface area contributed by atoms with Gasteiger partial charge < -0.3 is 4.74 Å². The fraction of sp³-hybridized carbons (Fsp3) is 0.211. The van der Waals surface area contributed by atoms with Crippen LogP contribution in [0.25, 0.3) is 27.7 Å². The predicted molar refractivity (Wildman–Crippen MR) is 99.9 cm³/mol. The Hall–Kier alpha value is -3.35. The molecule has 0 aliphatic carbocycles. The predicted octanol–water partition coefficient (Wildman–Crippen LogP) is 1.87. The van der Waals surface area contributed by atoms with Crippen LogP contribution in [0, 0.1) is 6.92 Å². The summed E-state index contributed by atoms with van der Waals surface area (Å²) in [4.78, 5) is 25.5. The topological polar surface area (TPSA) is 70.5 Å². The lowest BCUT2D eigenvalue weighted by Gasteiger charge is -2.06. The highest BCUT2D eigenvalue weighted by molar-refractivity contribution is 6.04. The van der Waals surface area contributed by atoms with E-state index in [1.165, 1.54) is 11.6 Å². The van der Waals surface area contributed by atoms with Crippen molar-refractivity contribution in [1.29, 1.82) is 0 Å². The third-order valence-corrected chi connectivity index (χ3v) is 4.79. The van der Waals surface area contributed by atoms with E-state index in [0.29, 0.717) is 16.6 Å². The van der Waals surface area contributed by atoms with Crippen molar-refractivity contribution in [2.24, 2.45) is 14.1 Å². The van der Waals surface area contributed by atoms with Crippen LogP contribution in [0.1, 0.15) is 5.56 Å².